The molecule has 1 amide bonds. The zero-order chi connectivity index (χ0) is 24.8. The Kier molecular flexibility index (Phi) is 7.33. The minimum absolute atomic E-state index is 0.0142. The fourth-order valence-electron chi connectivity index (χ4n) is 3.11. The van der Waals surface area contributed by atoms with Gasteiger partial charge in [0.2, 0.25) is 5.95 Å². The number of benzene rings is 1. The molecule has 14 nitrogen and oxygen atoms in total. The van der Waals surface area contributed by atoms with Gasteiger partial charge in [0.25, 0.3) is 5.91 Å². The first-order chi connectivity index (χ1) is 16.2. The number of rotatable bonds is 10. The number of hydrogen-bond acceptors (Lipinski definition) is 11. The molecule has 2 heterocycles. The van der Waals surface area contributed by atoms with Crippen molar-refractivity contribution in [2.24, 2.45) is 5.84 Å². The third-order valence-electron chi connectivity index (χ3n) is 4.83. The fraction of sp³-hybridized carbons (Fsp3) is 0.250. The zero-order valence-electron chi connectivity index (χ0n) is 18.1. The van der Waals surface area contributed by atoms with E-state index in [0.29, 0.717) is 23.4 Å². The number of carbonyl (C=O) groups excluding carboxylic acids is 1. The molecule has 178 valence electrons. The van der Waals surface area contributed by atoms with Crippen molar-refractivity contribution in [1.29, 1.82) is 0 Å². The number of nitrogen functional groups attached to an aromatic ring is 2. The number of nitrogens with two attached hydrogens (primary N) is 2. The molecule has 0 aliphatic heterocycles. The van der Waals surface area contributed by atoms with Crippen molar-refractivity contribution in [2.45, 2.75) is 25.4 Å². The molecule has 0 fully saturated rings. The molecular formula is C20H23N9O5. The van der Waals surface area contributed by atoms with Gasteiger partial charge in [-0.15, -0.1) is 0 Å². The summed E-state index contributed by atoms with van der Waals surface area (Å²) in [5, 5.41) is 20.3. The third-order valence-corrected chi connectivity index (χ3v) is 4.83. The monoisotopic (exact) mass is 469 g/mol. The SMILES string of the molecule is CN(Cc1cnc2nc(N)nc(NN)c2n1)c1ccc(C(=O)N[C@@H](CCC(=O)O)C(=O)O)cc1. The number of carboxylic acids is 2. The molecular weight excluding hydrogens is 446 g/mol. The molecule has 3 aromatic rings. The van der Waals surface area contributed by atoms with Crippen LogP contribution in [0.3, 0.4) is 0 Å². The molecule has 14 heteroatoms. The van der Waals surface area contributed by atoms with Crippen molar-refractivity contribution in [3.8, 4) is 0 Å². The van der Waals surface area contributed by atoms with E-state index in [-0.39, 0.29) is 30.2 Å². The van der Waals surface area contributed by atoms with E-state index in [2.05, 4.69) is 30.7 Å². The summed E-state index contributed by atoms with van der Waals surface area (Å²) in [6, 6.07) is 5.15. The summed E-state index contributed by atoms with van der Waals surface area (Å²) in [4.78, 5) is 53.0. The van der Waals surface area contributed by atoms with Crippen molar-refractivity contribution in [1.82, 2.24) is 25.3 Å². The van der Waals surface area contributed by atoms with Crippen LogP contribution in [0.5, 0.6) is 0 Å². The van der Waals surface area contributed by atoms with Crippen LogP contribution in [0.2, 0.25) is 0 Å². The lowest BCUT2D eigenvalue weighted by molar-refractivity contribution is -0.140. The van der Waals surface area contributed by atoms with Crippen LogP contribution in [0.25, 0.3) is 11.2 Å². The fourth-order valence-corrected chi connectivity index (χ4v) is 3.11. The Bertz CT molecular complexity index is 1220. The molecule has 1 aromatic carbocycles. The normalized spacial score (nSPS) is 11.6. The minimum Gasteiger partial charge on any atom is -0.481 e. The molecule has 0 aliphatic carbocycles. The predicted octanol–water partition coefficient (Wildman–Crippen LogP) is -0.0282. The van der Waals surface area contributed by atoms with Crippen LogP contribution < -0.4 is 27.2 Å². The molecule has 8 N–H and O–H groups in total. The van der Waals surface area contributed by atoms with E-state index in [4.69, 9.17) is 16.7 Å². The van der Waals surface area contributed by atoms with Crippen molar-refractivity contribution in [2.75, 3.05) is 23.1 Å². The van der Waals surface area contributed by atoms with E-state index in [9.17, 15) is 19.5 Å². The van der Waals surface area contributed by atoms with Gasteiger partial charge in [0.15, 0.2) is 17.0 Å². The summed E-state index contributed by atoms with van der Waals surface area (Å²) >= 11 is 0. The molecule has 1 atom stereocenters. The van der Waals surface area contributed by atoms with Crippen LogP contribution in [0.1, 0.15) is 28.9 Å². The molecule has 0 radical (unpaired) electrons. The molecule has 0 saturated carbocycles. The summed E-state index contributed by atoms with van der Waals surface area (Å²) in [5.74, 6) is 2.68. The largest absolute Gasteiger partial charge is 0.481 e. The highest BCUT2D eigenvalue weighted by molar-refractivity contribution is 5.97. The number of anilines is 3. The summed E-state index contributed by atoms with van der Waals surface area (Å²) < 4.78 is 0. The highest BCUT2D eigenvalue weighted by Gasteiger charge is 2.21. The average molecular weight is 469 g/mol. The Balaban J connectivity index is 1.69. The van der Waals surface area contributed by atoms with Gasteiger partial charge in [-0.2, -0.15) is 9.97 Å². The van der Waals surface area contributed by atoms with Gasteiger partial charge >= 0.3 is 11.9 Å². The van der Waals surface area contributed by atoms with Gasteiger partial charge in [0, 0.05) is 24.7 Å². The molecule has 0 bridgehead atoms. The second kappa shape index (κ2) is 10.4. The Morgan fingerprint density at radius 1 is 1.12 bits per heavy atom. The molecule has 0 spiro atoms. The first kappa shape index (κ1) is 24.1. The standard InChI is InChI=1S/C20H23N9O5/c1-29(9-11-8-23-16-15(24-11)17(28-22)27-20(21)26-16)12-4-2-10(3-5-12)18(32)25-13(19(33)34)6-7-14(30)31/h2-5,8,13H,6-7,9,22H2,1H3,(H,25,32)(H,30,31)(H,33,34)(H3,21,23,26,27,28)/t13-/m0/s1. The van der Waals surface area contributed by atoms with Gasteiger partial charge in [-0.05, 0) is 30.7 Å². The van der Waals surface area contributed by atoms with Crippen LogP contribution in [0.4, 0.5) is 17.5 Å². The maximum Gasteiger partial charge on any atom is 0.326 e. The highest BCUT2D eigenvalue weighted by Crippen LogP contribution is 2.19. The maximum atomic E-state index is 12.4. The van der Waals surface area contributed by atoms with Crippen molar-refractivity contribution in [3.63, 3.8) is 0 Å². The second-order valence-corrected chi connectivity index (χ2v) is 7.31. The van der Waals surface area contributed by atoms with Crippen LogP contribution in [-0.4, -0.2) is 61.1 Å². The van der Waals surface area contributed by atoms with Gasteiger partial charge in [-0.3, -0.25) is 9.59 Å². The number of amides is 1. The lowest BCUT2D eigenvalue weighted by Crippen LogP contribution is -2.41. The van der Waals surface area contributed by atoms with Crippen LogP contribution >= 0.6 is 0 Å². The summed E-state index contributed by atoms with van der Waals surface area (Å²) in [6.07, 6.45) is 0.959. The van der Waals surface area contributed by atoms with Gasteiger partial charge in [0.05, 0.1) is 18.4 Å². The quantitative estimate of drug-likeness (QED) is 0.170. The Hall–Kier alpha value is -4.59. The van der Waals surface area contributed by atoms with Crippen molar-refractivity contribution >= 4 is 46.5 Å². The van der Waals surface area contributed by atoms with Crippen LogP contribution in [-0.2, 0) is 16.1 Å². The number of aromatic nitrogens is 4. The zero-order valence-corrected chi connectivity index (χ0v) is 18.1. The van der Waals surface area contributed by atoms with E-state index in [1.807, 2.05) is 11.9 Å². The maximum absolute atomic E-state index is 12.4. The summed E-state index contributed by atoms with van der Waals surface area (Å²) in [5.41, 5.74) is 10.3. The second-order valence-electron chi connectivity index (χ2n) is 7.31. The van der Waals surface area contributed by atoms with Gasteiger partial charge in [-0.1, -0.05) is 0 Å². The lowest BCUT2D eigenvalue weighted by atomic mass is 10.1. The van der Waals surface area contributed by atoms with Gasteiger partial charge < -0.3 is 31.6 Å². The molecule has 34 heavy (non-hydrogen) atoms. The van der Waals surface area contributed by atoms with E-state index < -0.39 is 23.9 Å². The summed E-state index contributed by atoms with van der Waals surface area (Å²) in [6.45, 7) is 0.360. The Labute approximate surface area is 193 Å². The molecule has 0 saturated heterocycles. The Morgan fingerprint density at radius 2 is 1.82 bits per heavy atom. The van der Waals surface area contributed by atoms with Crippen molar-refractivity contribution in [3.05, 3.63) is 41.7 Å². The van der Waals surface area contributed by atoms with E-state index in [0.717, 1.165) is 5.69 Å². The first-order valence-corrected chi connectivity index (χ1v) is 10.0. The van der Waals surface area contributed by atoms with Crippen LogP contribution in [0.15, 0.2) is 30.5 Å². The highest BCUT2D eigenvalue weighted by atomic mass is 16.4. The minimum atomic E-state index is -1.30. The number of nitrogens with one attached hydrogen (secondary N) is 2. The number of aliphatic carboxylic acids is 2. The van der Waals surface area contributed by atoms with Gasteiger partial charge in [-0.25, -0.2) is 20.6 Å². The molecule has 0 unspecified atom stereocenters. The van der Waals surface area contributed by atoms with Gasteiger partial charge in [0.1, 0.15) is 6.04 Å². The number of carbonyl (C=O) groups is 3. The lowest BCUT2D eigenvalue weighted by Gasteiger charge is -2.19. The average Bonchev–Trinajstić information content (AvgIpc) is 2.80. The number of hydrogen-bond donors (Lipinski definition) is 6. The number of nitrogens with zero attached hydrogens (tertiary/aromatic N) is 5. The number of carboxylic acid groups (broad SMARTS) is 2. The molecule has 2 aromatic heterocycles. The molecule has 3 rings (SSSR count). The molecule has 0 aliphatic rings. The summed E-state index contributed by atoms with van der Waals surface area (Å²) in [7, 11) is 1.81. The number of fused-ring (bicyclic) bond motifs is 1. The van der Waals surface area contributed by atoms with E-state index in [1.54, 1.807) is 18.3 Å². The van der Waals surface area contributed by atoms with E-state index in [1.165, 1.54) is 12.1 Å². The van der Waals surface area contributed by atoms with E-state index >= 15 is 0 Å². The first-order valence-electron chi connectivity index (χ1n) is 10.0. The predicted molar refractivity (Wildman–Crippen MR) is 122 cm³/mol. The number of hydrazine groups is 1. The van der Waals surface area contributed by atoms with Crippen LogP contribution in [0, 0.1) is 0 Å². The smallest absolute Gasteiger partial charge is 0.326 e. The van der Waals surface area contributed by atoms with Crippen molar-refractivity contribution < 1.29 is 24.6 Å². The Morgan fingerprint density at radius 3 is 2.44 bits per heavy atom. The topological polar surface area (TPSA) is 223 Å². The third kappa shape index (κ3) is 5.80.